The Morgan fingerprint density at radius 2 is 1.57 bits per heavy atom. The molecule has 1 unspecified atom stereocenters. The largest absolute Gasteiger partial charge is 0.396 e. The van der Waals surface area contributed by atoms with Gasteiger partial charge in [-0.1, -0.05) is 72.8 Å². The number of hydrogen-bond acceptors (Lipinski definition) is 7. The van der Waals surface area contributed by atoms with E-state index in [-0.39, 0.29) is 37.4 Å². The van der Waals surface area contributed by atoms with E-state index in [1.54, 1.807) is 30.5 Å². The highest BCUT2D eigenvalue weighted by Gasteiger charge is 2.19. The average Bonchev–Trinajstić information content (AvgIpc) is 3.03. The van der Waals surface area contributed by atoms with Crippen LogP contribution in [0, 0.1) is 0 Å². The highest BCUT2D eigenvalue weighted by atomic mass is 16.3. The molecule has 3 aromatic carbocycles. The lowest BCUT2D eigenvalue weighted by atomic mass is 9.88. The van der Waals surface area contributed by atoms with E-state index in [0.717, 1.165) is 28.7 Å². The number of nitrogens with one attached hydrogen (secondary N) is 2. The Morgan fingerprint density at radius 1 is 0.886 bits per heavy atom. The lowest BCUT2D eigenvalue weighted by molar-refractivity contribution is -0.120. The van der Waals surface area contributed by atoms with E-state index >= 15 is 0 Å². The number of benzene rings is 3. The van der Waals surface area contributed by atoms with Gasteiger partial charge in [0.05, 0.1) is 19.1 Å². The van der Waals surface area contributed by atoms with Gasteiger partial charge in [-0.3, -0.25) is 9.59 Å². The second-order valence-electron chi connectivity index (χ2n) is 11.2. The smallest absolute Gasteiger partial charge is 0.248 e. The van der Waals surface area contributed by atoms with Gasteiger partial charge in [-0.2, -0.15) is 0 Å². The molecule has 4 aromatic rings. The lowest BCUT2D eigenvalue weighted by Crippen LogP contribution is -2.32. The van der Waals surface area contributed by atoms with Crippen molar-refractivity contribution in [1.82, 2.24) is 15.6 Å². The number of hydrogen-bond donors (Lipinski definition) is 6. The van der Waals surface area contributed by atoms with Gasteiger partial charge in [0.25, 0.3) is 0 Å². The Hall–Kier alpha value is -4.57. The van der Waals surface area contributed by atoms with Gasteiger partial charge in [0.15, 0.2) is 0 Å². The Kier molecular flexibility index (Phi) is 11.6. The molecule has 1 heterocycles. The van der Waals surface area contributed by atoms with Gasteiger partial charge in [0.1, 0.15) is 5.82 Å². The zero-order chi connectivity index (χ0) is 31.5. The van der Waals surface area contributed by atoms with Crippen molar-refractivity contribution in [3.63, 3.8) is 0 Å². The number of nitrogen functional groups attached to an aromatic ring is 1. The van der Waals surface area contributed by atoms with Crippen molar-refractivity contribution >= 4 is 17.6 Å². The second kappa shape index (κ2) is 15.8. The summed E-state index contributed by atoms with van der Waals surface area (Å²) in [5.41, 5.74) is 16.9. The van der Waals surface area contributed by atoms with Gasteiger partial charge < -0.3 is 32.3 Å². The number of rotatable bonds is 15. The summed E-state index contributed by atoms with van der Waals surface area (Å²) in [6.07, 6.45) is 2.46. The minimum absolute atomic E-state index is 0.123. The number of anilines is 1. The number of nitrogens with two attached hydrogens (primary N) is 2. The number of nitrogens with zero attached hydrogens (tertiary/aromatic N) is 1. The number of carbonyl (C=O) groups excluding carboxylic acids is 2. The van der Waals surface area contributed by atoms with Crippen LogP contribution >= 0.6 is 0 Å². The van der Waals surface area contributed by atoms with Crippen LogP contribution in [0.2, 0.25) is 0 Å². The number of aliphatic hydroxyl groups excluding tert-OH is 2. The summed E-state index contributed by atoms with van der Waals surface area (Å²) in [7, 11) is 0. The quantitative estimate of drug-likeness (QED) is 0.123. The topological polar surface area (TPSA) is 164 Å². The fourth-order valence-electron chi connectivity index (χ4n) is 5.17. The number of amides is 2. The van der Waals surface area contributed by atoms with Crippen LogP contribution in [0.15, 0.2) is 91.1 Å². The molecular weight excluding hydrogens is 554 g/mol. The van der Waals surface area contributed by atoms with Crippen LogP contribution in [0.4, 0.5) is 5.82 Å². The van der Waals surface area contributed by atoms with E-state index in [9.17, 15) is 19.8 Å². The number of aliphatic hydroxyl groups is 2. The Labute approximate surface area is 258 Å². The first kappa shape index (κ1) is 32.3. The first-order chi connectivity index (χ1) is 21.2. The fraction of sp³-hybridized carbons (Fsp3) is 0.286. The number of pyridine rings is 1. The van der Waals surface area contributed by atoms with Crippen molar-refractivity contribution in [2.24, 2.45) is 5.73 Å². The summed E-state index contributed by atoms with van der Waals surface area (Å²) in [6.45, 7) is 2.60. The number of carbonyl (C=O) groups is 2. The van der Waals surface area contributed by atoms with Crippen LogP contribution in [-0.4, -0.2) is 46.2 Å². The molecule has 0 fully saturated rings. The van der Waals surface area contributed by atoms with Gasteiger partial charge in [-0.05, 0) is 59.7 Å². The molecular formula is C35H41N5O4. The van der Waals surface area contributed by atoms with Crippen molar-refractivity contribution in [3.05, 3.63) is 130 Å². The van der Waals surface area contributed by atoms with Crippen LogP contribution in [0.1, 0.15) is 62.7 Å². The number of primary amides is 1. The predicted molar refractivity (Wildman–Crippen MR) is 172 cm³/mol. The standard InChI is InChI=1S/C35H41N5O4/c1-23(38-21-32(42)28-12-14-33(36)39-20-28)15-25-7-9-26(10-8-25)18-34(43)40-19-27-11-13-30(35(37)44)31(17-27)29(22-41)16-24-5-3-2-4-6-24/h2-14,17,20,23,29,32,38,41-42H,15-16,18-19,21-22H2,1H3,(H2,36,39)(H2,37,44)(H,40,43)/t23?,29-,32-/m0/s1. The summed E-state index contributed by atoms with van der Waals surface area (Å²) < 4.78 is 0. The molecule has 0 saturated carbocycles. The maximum absolute atomic E-state index is 12.8. The fourth-order valence-corrected chi connectivity index (χ4v) is 5.17. The van der Waals surface area contributed by atoms with E-state index in [1.165, 1.54) is 0 Å². The molecule has 4 rings (SSSR count). The summed E-state index contributed by atoms with van der Waals surface area (Å²) in [6, 6.07) is 26.5. The molecule has 2 amide bonds. The van der Waals surface area contributed by atoms with E-state index < -0.39 is 12.0 Å². The van der Waals surface area contributed by atoms with Crippen molar-refractivity contribution in [2.75, 3.05) is 18.9 Å². The molecule has 3 atom stereocenters. The SMILES string of the molecule is CC(Cc1ccc(CC(=O)NCc2ccc(C(N)=O)c([C@H](CO)Cc3ccccc3)c2)cc1)NC[C@H](O)c1ccc(N)nc1. The van der Waals surface area contributed by atoms with Gasteiger partial charge >= 0.3 is 0 Å². The molecule has 230 valence electrons. The van der Waals surface area contributed by atoms with Crippen molar-refractivity contribution in [1.29, 1.82) is 0 Å². The molecule has 9 nitrogen and oxygen atoms in total. The van der Waals surface area contributed by atoms with Crippen LogP contribution < -0.4 is 22.1 Å². The molecule has 0 saturated heterocycles. The minimum Gasteiger partial charge on any atom is -0.396 e. The van der Waals surface area contributed by atoms with Crippen molar-refractivity contribution in [2.45, 2.75) is 50.8 Å². The van der Waals surface area contributed by atoms with Crippen LogP contribution in [-0.2, 0) is 30.6 Å². The van der Waals surface area contributed by atoms with Gasteiger partial charge in [-0.15, -0.1) is 0 Å². The Balaban J connectivity index is 1.28. The van der Waals surface area contributed by atoms with E-state index in [0.29, 0.717) is 35.5 Å². The third-order valence-electron chi connectivity index (χ3n) is 7.64. The molecule has 8 N–H and O–H groups in total. The third-order valence-corrected chi connectivity index (χ3v) is 7.64. The van der Waals surface area contributed by atoms with Gasteiger partial charge in [0.2, 0.25) is 11.8 Å². The monoisotopic (exact) mass is 595 g/mol. The zero-order valence-corrected chi connectivity index (χ0v) is 24.9. The summed E-state index contributed by atoms with van der Waals surface area (Å²) >= 11 is 0. The summed E-state index contributed by atoms with van der Waals surface area (Å²) in [5.74, 6) is -0.565. The Morgan fingerprint density at radius 3 is 2.23 bits per heavy atom. The molecule has 0 aliphatic carbocycles. The highest BCUT2D eigenvalue weighted by Crippen LogP contribution is 2.25. The molecule has 0 aliphatic rings. The first-order valence-corrected chi connectivity index (χ1v) is 14.8. The minimum atomic E-state index is -0.676. The molecule has 0 spiro atoms. The van der Waals surface area contributed by atoms with Crippen molar-refractivity contribution in [3.8, 4) is 0 Å². The molecule has 44 heavy (non-hydrogen) atoms. The van der Waals surface area contributed by atoms with Crippen LogP contribution in [0.5, 0.6) is 0 Å². The van der Waals surface area contributed by atoms with Gasteiger partial charge in [-0.25, -0.2) is 4.98 Å². The van der Waals surface area contributed by atoms with E-state index in [2.05, 4.69) is 22.5 Å². The second-order valence-corrected chi connectivity index (χ2v) is 11.2. The highest BCUT2D eigenvalue weighted by molar-refractivity contribution is 5.94. The van der Waals surface area contributed by atoms with E-state index in [1.807, 2.05) is 60.7 Å². The third kappa shape index (κ3) is 9.47. The summed E-state index contributed by atoms with van der Waals surface area (Å²) in [4.78, 5) is 28.9. The van der Waals surface area contributed by atoms with E-state index in [4.69, 9.17) is 11.5 Å². The molecule has 0 radical (unpaired) electrons. The van der Waals surface area contributed by atoms with Crippen LogP contribution in [0.25, 0.3) is 0 Å². The maximum atomic E-state index is 12.8. The van der Waals surface area contributed by atoms with Crippen LogP contribution in [0.3, 0.4) is 0 Å². The number of aromatic nitrogens is 1. The molecule has 0 aliphatic heterocycles. The van der Waals surface area contributed by atoms with Crippen molar-refractivity contribution < 1.29 is 19.8 Å². The Bertz CT molecular complexity index is 1510. The van der Waals surface area contributed by atoms with Gasteiger partial charge in [0, 0.05) is 42.4 Å². The molecule has 0 bridgehead atoms. The summed E-state index contributed by atoms with van der Waals surface area (Å²) in [5, 5.41) is 26.8. The first-order valence-electron chi connectivity index (χ1n) is 14.8. The maximum Gasteiger partial charge on any atom is 0.248 e. The zero-order valence-electron chi connectivity index (χ0n) is 24.9. The molecule has 9 heteroatoms. The lowest BCUT2D eigenvalue weighted by Gasteiger charge is -2.19. The predicted octanol–water partition coefficient (Wildman–Crippen LogP) is 3.19. The average molecular weight is 596 g/mol. The molecule has 1 aromatic heterocycles. The normalized spacial score (nSPS) is 13.2.